The second-order valence-electron chi connectivity index (χ2n) is 9.36. The minimum atomic E-state index is -0.922. The lowest BCUT2D eigenvalue weighted by Gasteiger charge is -2.39. The third-order valence-electron chi connectivity index (χ3n) is 7.28. The summed E-state index contributed by atoms with van der Waals surface area (Å²) in [4.78, 5) is 46.5. The first kappa shape index (κ1) is 22.6. The smallest absolute Gasteiger partial charge is 0.325 e. The highest BCUT2D eigenvalue weighted by atomic mass is 32.1. The molecule has 0 bridgehead atoms. The van der Waals surface area contributed by atoms with Gasteiger partial charge in [-0.05, 0) is 67.1 Å². The molecular weight excluding hydrogens is 450 g/mol. The number of para-hydroxylation sites is 2. The molecule has 0 radical (unpaired) electrons. The van der Waals surface area contributed by atoms with Gasteiger partial charge in [0.15, 0.2) is 0 Å². The quantitative estimate of drug-likeness (QED) is 0.548. The number of nitrogens with one attached hydrogen (secondary N) is 1. The van der Waals surface area contributed by atoms with Crippen molar-refractivity contribution in [1.82, 2.24) is 24.7 Å². The molecule has 178 valence electrons. The lowest BCUT2D eigenvalue weighted by atomic mass is 9.79. The van der Waals surface area contributed by atoms with Crippen molar-refractivity contribution >= 4 is 40.2 Å². The van der Waals surface area contributed by atoms with Crippen LogP contribution in [0.4, 0.5) is 4.79 Å². The molecule has 1 atom stereocenters. The number of hydrogen-bond donors (Lipinski definition) is 1. The van der Waals surface area contributed by atoms with Crippen molar-refractivity contribution in [2.75, 3.05) is 13.1 Å². The summed E-state index contributed by atoms with van der Waals surface area (Å²) < 4.78 is 2.09. The van der Waals surface area contributed by atoms with Gasteiger partial charge in [0.1, 0.15) is 11.4 Å². The summed E-state index contributed by atoms with van der Waals surface area (Å²) in [5.41, 5.74) is 2.02. The lowest BCUT2D eigenvalue weighted by molar-refractivity contribution is -0.135. The van der Waals surface area contributed by atoms with Gasteiger partial charge in [0.05, 0.1) is 17.6 Å². The van der Waals surface area contributed by atoms with Crippen molar-refractivity contribution in [2.24, 2.45) is 5.92 Å². The van der Waals surface area contributed by atoms with Gasteiger partial charge in [-0.1, -0.05) is 12.1 Å². The molecular formula is C25H29N5O3S. The van der Waals surface area contributed by atoms with Gasteiger partial charge < -0.3 is 14.8 Å². The van der Waals surface area contributed by atoms with Crippen LogP contribution in [-0.4, -0.2) is 55.8 Å². The number of aromatic nitrogens is 2. The van der Waals surface area contributed by atoms with Crippen molar-refractivity contribution in [2.45, 2.75) is 51.7 Å². The maximum atomic E-state index is 13.2. The monoisotopic (exact) mass is 479 g/mol. The van der Waals surface area contributed by atoms with Crippen LogP contribution in [0, 0.1) is 12.8 Å². The van der Waals surface area contributed by atoms with E-state index >= 15 is 0 Å². The van der Waals surface area contributed by atoms with E-state index in [0.717, 1.165) is 22.4 Å². The van der Waals surface area contributed by atoms with Crippen LogP contribution in [0.15, 0.2) is 41.1 Å². The summed E-state index contributed by atoms with van der Waals surface area (Å²) in [5.74, 6) is 0.848. The van der Waals surface area contributed by atoms with E-state index in [0.29, 0.717) is 45.4 Å². The second-order valence-corrected chi connectivity index (χ2v) is 10.1. The van der Waals surface area contributed by atoms with Gasteiger partial charge in [-0.3, -0.25) is 14.5 Å². The topological polar surface area (TPSA) is 87.5 Å². The summed E-state index contributed by atoms with van der Waals surface area (Å²) in [6.45, 7) is 5.87. The molecule has 9 heteroatoms. The van der Waals surface area contributed by atoms with Crippen LogP contribution in [0.2, 0.25) is 0 Å². The van der Waals surface area contributed by atoms with Gasteiger partial charge in [-0.2, -0.15) is 11.3 Å². The Morgan fingerprint density at radius 2 is 1.97 bits per heavy atom. The first-order chi connectivity index (χ1) is 16.4. The molecule has 34 heavy (non-hydrogen) atoms. The number of hydrogen-bond acceptors (Lipinski definition) is 5. The molecule has 2 aliphatic rings. The molecule has 2 saturated heterocycles. The number of nitrogens with zero attached hydrogens (tertiary/aromatic N) is 4. The highest BCUT2D eigenvalue weighted by molar-refractivity contribution is 7.07. The van der Waals surface area contributed by atoms with Gasteiger partial charge in [0, 0.05) is 26.1 Å². The molecule has 3 aromatic rings. The Balaban J connectivity index is 1.18. The fourth-order valence-corrected chi connectivity index (χ4v) is 5.91. The first-order valence-electron chi connectivity index (χ1n) is 11.7. The number of likely N-dealkylation sites (tertiary alicyclic amines) is 1. The average Bonchev–Trinajstić information content (AvgIpc) is 3.52. The fraction of sp³-hybridized carbons (Fsp3) is 0.440. The third-order valence-corrected chi connectivity index (χ3v) is 8.01. The van der Waals surface area contributed by atoms with Crippen LogP contribution in [0.25, 0.3) is 11.0 Å². The molecule has 4 amide bonds. The molecule has 0 unspecified atom stereocenters. The summed E-state index contributed by atoms with van der Waals surface area (Å²) in [6.07, 6.45) is 1.79. The number of rotatable bonds is 6. The highest BCUT2D eigenvalue weighted by Crippen LogP contribution is 2.34. The van der Waals surface area contributed by atoms with Crippen LogP contribution in [0.5, 0.6) is 0 Å². The molecule has 1 N–H and O–H groups in total. The minimum absolute atomic E-state index is 0.000288. The third kappa shape index (κ3) is 3.98. The zero-order valence-electron chi connectivity index (χ0n) is 19.5. The normalized spacial score (nSPS) is 21.5. The van der Waals surface area contributed by atoms with Crippen molar-refractivity contribution in [3.05, 3.63) is 52.5 Å². The van der Waals surface area contributed by atoms with E-state index in [2.05, 4.69) is 14.9 Å². The number of imide groups is 1. The largest absolute Gasteiger partial charge is 0.343 e. The molecule has 2 aliphatic heterocycles. The molecule has 1 aromatic carbocycles. The van der Waals surface area contributed by atoms with Crippen molar-refractivity contribution < 1.29 is 14.4 Å². The van der Waals surface area contributed by atoms with E-state index in [9.17, 15) is 14.4 Å². The molecule has 4 heterocycles. The number of benzene rings is 1. The number of carbonyl (C=O) groups excluding carboxylic acids is 3. The first-order valence-corrected chi connectivity index (χ1v) is 12.7. The predicted molar refractivity (Wildman–Crippen MR) is 130 cm³/mol. The van der Waals surface area contributed by atoms with Gasteiger partial charge in [0.2, 0.25) is 5.91 Å². The lowest BCUT2D eigenvalue weighted by Crippen LogP contribution is -2.54. The van der Waals surface area contributed by atoms with E-state index in [1.807, 2.05) is 59.8 Å². The van der Waals surface area contributed by atoms with E-state index in [1.165, 1.54) is 4.90 Å². The van der Waals surface area contributed by atoms with Crippen LogP contribution < -0.4 is 5.32 Å². The molecule has 0 aliphatic carbocycles. The number of amides is 4. The number of fused-ring (bicyclic) bond motifs is 1. The Hall–Kier alpha value is -3.20. The SMILES string of the molecule is Cc1nc2ccccc2n1CCC(=O)N1CCC([C@]2(C)NC(=O)N(Cc3ccsc3)C2=O)CC1. The van der Waals surface area contributed by atoms with Gasteiger partial charge in [-0.25, -0.2) is 9.78 Å². The van der Waals surface area contributed by atoms with Gasteiger partial charge in [0.25, 0.3) is 5.91 Å². The van der Waals surface area contributed by atoms with Gasteiger partial charge in [-0.15, -0.1) is 0 Å². The summed E-state index contributed by atoms with van der Waals surface area (Å²) in [5, 5.41) is 6.84. The summed E-state index contributed by atoms with van der Waals surface area (Å²) >= 11 is 1.55. The Bertz CT molecular complexity index is 1230. The molecule has 2 fully saturated rings. The van der Waals surface area contributed by atoms with E-state index in [1.54, 1.807) is 11.3 Å². The van der Waals surface area contributed by atoms with E-state index < -0.39 is 5.54 Å². The molecule has 5 rings (SSSR count). The number of aryl methyl sites for hydroxylation is 2. The Morgan fingerprint density at radius 1 is 1.21 bits per heavy atom. The van der Waals surface area contributed by atoms with Gasteiger partial charge >= 0.3 is 6.03 Å². The molecule has 2 aromatic heterocycles. The summed E-state index contributed by atoms with van der Waals surface area (Å²) in [6, 6.07) is 9.56. The number of piperidine rings is 1. The maximum absolute atomic E-state index is 13.2. The fourth-order valence-electron chi connectivity index (χ4n) is 5.25. The van der Waals surface area contributed by atoms with Crippen LogP contribution in [-0.2, 0) is 22.7 Å². The molecule has 0 saturated carbocycles. The van der Waals surface area contributed by atoms with E-state index in [4.69, 9.17) is 0 Å². The van der Waals surface area contributed by atoms with E-state index in [-0.39, 0.29) is 23.8 Å². The number of imidazole rings is 1. The van der Waals surface area contributed by atoms with Crippen molar-refractivity contribution in [3.63, 3.8) is 0 Å². The molecule has 0 spiro atoms. The Morgan fingerprint density at radius 3 is 2.71 bits per heavy atom. The minimum Gasteiger partial charge on any atom is -0.343 e. The predicted octanol–water partition coefficient (Wildman–Crippen LogP) is 3.55. The summed E-state index contributed by atoms with van der Waals surface area (Å²) in [7, 11) is 0. The van der Waals surface area contributed by atoms with Crippen LogP contribution in [0.3, 0.4) is 0 Å². The van der Waals surface area contributed by atoms with Crippen molar-refractivity contribution in [3.8, 4) is 0 Å². The van der Waals surface area contributed by atoms with Crippen LogP contribution in [0.1, 0.15) is 37.6 Å². The standard InChI is InChI=1S/C25H29N5O3S/c1-17-26-20-5-3-4-6-21(20)29(17)13-9-22(31)28-11-7-19(8-12-28)25(2)23(32)30(24(33)27-25)15-18-10-14-34-16-18/h3-6,10,14,16,19H,7-9,11-13,15H2,1-2H3,(H,27,33)/t25-/m0/s1. The zero-order valence-corrected chi connectivity index (χ0v) is 20.3. The van der Waals surface area contributed by atoms with Crippen molar-refractivity contribution in [1.29, 1.82) is 0 Å². The van der Waals surface area contributed by atoms with Crippen LogP contribution >= 0.6 is 11.3 Å². The maximum Gasteiger partial charge on any atom is 0.325 e. The highest BCUT2D eigenvalue weighted by Gasteiger charge is 2.52. The average molecular weight is 480 g/mol. The molecule has 8 nitrogen and oxygen atoms in total. The number of carbonyl (C=O) groups is 3. The Labute approximate surface area is 202 Å². The number of thiophene rings is 1. The zero-order chi connectivity index (χ0) is 23.9. The number of urea groups is 1. The Kier molecular flexibility index (Phi) is 5.89. The second kappa shape index (κ2) is 8.87.